The zero-order valence-electron chi connectivity index (χ0n) is 18.3. The van der Waals surface area contributed by atoms with Gasteiger partial charge in [-0.2, -0.15) is 0 Å². The molecule has 2 atom stereocenters. The van der Waals surface area contributed by atoms with Crippen LogP contribution in [0.4, 0.5) is 0 Å². The summed E-state index contributed by atoms with van der Waals surface area (Å²) in [6.07, 6.45) is 4.52. The van der Waals surface area contributed by atoms with Crippen LogP contribution in [0, 0.1) is 5.92 Å². The quantitative estimate of drug-likeness (QED) is 0.411. The molecule has 4 N–H and O–H groups in total. The molecule has 1 rings (SSSR count). The summed E-state index contributed by atoms with van der Waals surface area (Å²) in [6, 6.07) is 5.18. The number of methoxy groups -OCH3 is 2. The largest absolute Gasteiger partial charge is 0.493 e. The van der Waals surface area contributed by atoms with Crippen molar-refractivity contribution >= 4 is 11.8 Å². The number of benzene rings is 1. The van der Waals surface area contributed by atoms with E-state index in [1.54, 1.807) is 14.2 Å². The minimum absolute atomic E-state index is 0.0593. The van der Waals surface area contributed by atoms with Gasteiger partial charge in [0.15, 0.2) is 11.5 Å². The maximum Gasteiger partial charge on any atom is 0.242 e. The molecule has 0 aliphatic heterocycles. The van der Waals surface area contributed by atoms with Crippen molar-refractivity contribution in [3.05, 3.63) is 23.8 Å². The molecule has 0 spiro atoms. The van der Waals surface area contributed by atoms with Gasteiger partial charge in [0.05, 0.1) is 14.2 Å². The molecule has 0 saturated heterocycles. The van der Waals surface area contributed by atoms with Gasteiger partial charge in [-0.05, 0) is 49.4 Å². The molecule has 0 aromatic heterocycles. The number of carbonyl (C=O) groups excluding carboxylic acids is 2. The Balaban J connectivity index is 2.57. The number of hydrogen-bond acceptors (Lipinski definition) is 5. The molecule has 0 fully saturated rings. The van der Waals surface area contributed by atoms with E-state index in [4.69, 9.17) is 15.2 Å². The van der Waals surface area contributed by atoms with Gasteiger partial charge in [-0.1, -0.05) is 32.8 Å². The van der Waals surface area contributed by atoms with Gasteiger partial charge in [-0.3, -0.25) is 9.59 Å². The Morgan fingerprint density at radius 2 is 1.83 bits per heavy atom. The number of nitrogens with two attached hydrogens (primary N) is 1. The third kappa shape index (κ3) is 8.73. The molecule has 1 aromatic carbocycles. The number of ether oxygens (including phenoxy) is 2. The van der Waals surface area contributed by atoms with Gasteiger partial charge in [0.25, 0.3) is 0 Å². The number of rotatable bonds is 14. The standard InChI is InChI=1S/C22H37N3O4/c1-5-16(2)21(25-20(26)9-7-6-8-13-23)22(27)24-14-12-17-10-11-18(28-3)19(15-17)29-4/h10-11,15-16,21H,5-9,12-14,23H2,1-4H3,(H,24,27)(H,25,26)/t16-,21-/m0/s1. The van der Waals surface area contributed by atoms with Crippen LogP contribution >= 0.6 is 0 Å². The summed E-state index contributed by atoms with van der Waals surface area (Å²) in [5.74, 6) is 1.17. The first-order valence-electron chi connectivity index (χ1n) is 10.4. The van der Waals surface area contributed by atoms with Gasteiger partial charge in [-0.25, -0.2) is 0 Å². The van der Waals surface area contributed by atoms with Crippen LogP contribution in [0.1, 0.15) is 51.5 Å². The summed E-state index contributed by atoms with van der Waals surface area (Å²) < 4.78 is 10.6. The van der Waals surface area contributed by atoms with Gasteiger partial charge < -0.3 is 25.8 Å². The van der Waals surface area contributed by atoms with Crippen molar-refractivity contribution in [2.75, 3.05) is 27.3 Å². The lowest BCUT2D eigenvalue weighted by Crippen LogP contribution is -2.50. The second-order valence-corrected chi connectivity index (χ2v) is 7.26. The first-order chi connectivity index (χ1) is 14.0. The third-order valence-electron chi connectivity index (χ3n) is 5.08. The fourth-order valence-electron chi connectivity index (χ4n) is 3.03. The highest BCUT2D eigenvalue weighted by molar-refractivity contribution is 5.87. The molecule has 0 aliphatic rings. The minimum atomic E-state index is -0.521. The maximum absolute atomic E-state index is 12.7. The lowest BCUT2D eigenvalue weighted by atomic mass is 9.98. The van der Waals surface area contributed by atoms with Crippen molar-refractivity contribution in [2.24, 2.45) is 11.7 Å². The van der Waals surface area contributed by atoms with E-state index in [0.717, 1.165) is 31.2 Å². The zero-order chi connectivity index (χ0) is 21.6. The van der Waals surface area contributed by atoms with Crippen LogP contribution in [0.15, 0.2) is 18.2 Å². The highest BCUT2D eigenvalue weighted by atomic mass is 16.5. The Bertz CT molecular complexity index is 636. The van der Waals surface area contributed by atoms with Crippen LogP contribution in [0.3, 0.4) is 0 Å². The lowest BCUT2D eigenvalue weighted by Gasteiger charge is -2.23. The summed E-state index contributed by atoms with van der Waals surface area (Å²) in [7, 11) is 3.19. The lowest BCUT2D eigenvalue weighted by molar-refractivity contribution is -0.130. The van der Waals surface area contributed by atoms with E-state index >= 15 is 0 Å². The molecule has 0 radical (unpaired) electrons. The second kappa shape index (κ2) is 13.8. The van der Waals surface area contributed by atoms with Crippen molar-refractivity contribution in [1.82, 2.24) is 10.6 Å². The van der Waals surface area contributed by atoms with Gasteiger partial charge in [0, 0.05) is 13.0 Å². The molecule has 29 heavy (non-hydrogen) atoms. The average Bonchev–Trinajstić information content (AvgIpc) is 2.74. The molecule has 0 saturated carbocycles. The molecule has 0 heterocycles. The SMILES string of the molecule is CC[C@H](C)[C@H](NC(=O)CCCCCN)C(=O)NCCc1ccc(OC)c(OC)c1. The van der Waals surface area contributed by atoms with E-state index in [2.05, 4.69) is 10.6 Å². The molecule has 0 bridgehead atoms. The first-order valence-corrected chi connectivity index (χ1v) is 10.4. The number of nitrogens with one attached hydrogen (secondary N) is 2. The number of hydrogen-bond donors (Lipinski definition) is 3. The van der Waals surface area contributed by atoms with Crippen molar-refractivity contribution < 1.29 is 19.1 Å². The summed E-state index contributed by atoms with van der Waals surface area (Å²) in [6.45, 7) is 5.11. The molecule has 7 heteroatoms. The second-order valence-electron chi connectivity index (χ2n) is 7.26. The van der Waals surface area contributed by atoms with Crippen LogP contribution in [-0.4, -0.2) is 45.2 Å². The average molecular weight is 408 g/mol. The summed E-state index contributed by atoms with van der Waals surface area (Å²) in [5, 5.41) is 5.86. The van der Waals surface area contributed by atoms with Crippen LogP contribution in [0.5, 0.6) is 11.5 Å². The van der Waals surface area contributed by atoms with Crippen molar-refractivity contribution in [2.45, 2.75) is 58.4 Å². The summed E-state index contributed by atoms with van der Waals surface area (Å²) in [4.78, 5) is 24.9. The van der Waals surface area contributed by atoms with Crippen LogP contribution < -0.4 is 25.8 Å². The van der Waals surface area contributed by atoms with Crippen LogP contribution in [-0.2, 0) is 16.0 Å². The topological polar surface area (TPSA) is 103 Å². The Hall–Kier alpha value is -2.28. The van der Waals surface area contributed by atoms with Crippen LogP contribution in [0.25, 0.3) is 0 Å². The van der Waals surface area contributed by atoms with E-state index in [-0.39, 0.29) is 17.7 Å². The monoisotopic (exact) mass is 407 g/mol. The molecule has 1 aromatic rings. The third-order valence-corrected chi connectivity index (χ3v) is 5.08. The molecular formula is C22H37N3O4. The minimum Gasteiger partial charge on any atom is -0.493 e. The Morgan fingerprint density at radius 3 is 2.45 bits per heavy atom. The number of carbonyl (C=O) groups is 2. The predicted molar refractivity (Wildman–Crippen MR) is 115 cm³/mol. The fourth-order valence-corrected chi connectivity index (χ4v) is 3.03. The Morgan fingerprint density at radius 1 is 1.10 bits per heavy atom. The van der Waals surface area contributed by atoms with Crippen molar-refractivity contribution in [1.29, 1.82) is 0 Å². The molecule has 164 valence electrons. The van der Waals surface area contributed by atoms with E-state index < -0.39 is 6.04 Å². The van der Waals surface area contributed by atoms with Gasteiger partial charge in [-0.15, -0.1) is 0 Å². The molecular weight excluding hydrogens is 370 g/mol. The molecule has 0 unspecified atom stereocenters. The van der Waals surface area contributed by atoms with Gasteiger partial charge in [0.1, 0.15) is 6.04 Å². The van der Waals surface area contributed by atoms with E-state index in [0.29, 0.717) is 37.4 Å². The predicted octanol–water partition coefficient (Wildman–Crippen LogP) is 2.41. The molecule has 2 amide bonds. The fraction of sp³-hybridized carbons (Fsp3) is 0.636. The van der Waals surface area contributed by atoms with E-state index in [1.165, 1.54) is 0 Å². The normalized spacial score (nSPS) is 12.7. The molecule has 7 nitrogen and oxygen atoms in total. The van der Waals surface area contributed by atoms with Crippen LogP contribution in [0.2, 0.25) is 0 Å². The summed E-state index contributed by atoms with van der Waals surface area (Å²) in [5.41, 5.74) is 6.51. The zero-order valence-corrected chi connectivity index (χ0v) is 18.3. The van der Waals surface area contributed by atoms with Crippen molar-refractivity contribution in [3.63, 3.8) is 0 Å². The van der Waals surface area contributed by atoms with Gasteiger partial charge >= 0.3 is 0 Å². The number of amides is 2. The highest BCUT2D eigenvalue weighted by Gasteiger charge is 2.25. The maximum atomic E-state index is 12.7. The van der Waals surface area contributed by atoms with E-state index in [1.807, 2.05) is 32.0 Å². The smallest absolute Gasteiger partial charge is 0.242 e. The van der Waals surface area contributed by atoms with Gasteiger partial charge in [0.2, 0.25) is 11.8 Å². The van der Waals surface area contributed by atoms with Crippen molar-refractivity contribution in [3.8, 4) is 11.5 Å². The Kier molecular flexibility index (Phi) is 11.8. The molecule has 0 aliphatic carbocycles. The Labute approximate surface area is 174 Å². The highest BCUT2D eigenvalue weighted by Crippen LogP contribution is 2.27. The number of unbranched alkanes of at least 4 members (excludes halogenated alkanes) is 2. The van der Waals surface area contributed by atoms with E-state index in [9.17, 15) is 9.59 Å². The first kappa shape index (κ1) is 24.8. The summed E-state index contributed by atoms with van der Waals surface area (Å²) >= 11 is 0.